The van der Waals surface area contributed by atoms with Crippen LogP contribution in [-0.4, -0.2) is 20.1 Å². The summed E-state index contributed by atoms with van der Waals surface area (Å²) in [5, 5.41) is 0. The molecule has 0 spiro atoms. The number of para-hydroxylation sites is 6. The van der Waals surface area contributed by atoms with Crippen LogP contribution in [0.4, 0.5) is 51.2 Å². The summed E-state index contributed by atoms with van der Waals surface area (Å²) in [5.41, 5.74) is 39.7. The maximum Gasteiger partial charge on any atom is 0.248 e. The minimum atomic E-state index is 0.260. The summed E-state index contributed by atoms with van der Waals surface area (Å²) >= 11 is 0. The normalized spacial score (nSPS) is 12.9. The third-order valence-corrected chi connectivity index (χ3v) is 20.6. The van der Waals surface area contributed by atoms with Gasteiger partial charge in [-0.1, -0.05) is 302 Å². The molecule has 0 aliphatic carbocycles. The molecule has 0 N–H and O–H groups in total. The Morgan fingerprint density at radius 3 is 0.990 bits per heavy atom. The van der Waals surface area contributed by atoms with Crippen LogP contribution < -0.4 is 63.9 Å². The van der Waals surface area contributed by atoms with E-state index >= 15 is 0 Å². The first-order chi connectivity index (χ1) is 47.7. The highest BCUT2D eigenvalue weighted by Crippen LogP contribution is 2.46. The van der Waals surface area contributed by atoms with E-state index < -0.39 is 0 Å². The molecule has 0 saturated carbocycles. The molecule has 15 aromatic carbocycles. The van der Waals surface area contributed by atoms with Gasteiger partial charge in [0.15, 0.2) is 0 Å². The molecule has 6 heteroatoms. The van der Waals surface area contributed by atoms with Crippen LogP contribution in [0.3, 0.4) is 0 Å². The van der Waals surface area contributed by atoms with E-state index in [1.165, 1.54) is 167 Å². The minimum Gasteiger partial charge on any atom is -0.312 e. The smallest absolute Gasteiger partial charge is 0.248 e. The second-order valence-electron chi connectivity index (χ2n) is 25.7. The molecule has 0 amide bonds. The molecule has 0 aromatic heterocycles. The van der Waals surface area contributed by atoms with E-state index in [0.717, 1.165) is 0 Å². The first kappa shape index (κ1) is 55.5. The summed E-state index contributed by atoms with van der Waals surface area (Å²) in [5.74, 6) is 0. The van der Waals surface area contributed by atoms with Crippen LogP contribution in [0.5, 0.6) is 0 Å². The van der Waals surface area contributed by atoms with Gasteiger partial charge in [-0.2, -0.15) is 0 Å². The van der Waals surface area contributed by atoms with Gasteiger partial charge in [0.25, 0.3) is 0 Å². The summed E-state index contributed by atoms with van der Waals surface area (Å²) in [7, 11) is 0. The third kappa shape index (κ3) is 8.79. The van der Waals surface area contributed by atoms with Crippen LogP contribution >= 0.6 is 0 Å². The average molecular weight is 1220 g/mol. The van der Waals surface area contributed by atoms with Crippen molar-refractivity contribution in [3.05, 3.63) is 364 Å². The summed E-state index contributed by atoms with van der Waals surface area (Å²) in [6, 6.07) is 132. The van der Waals surface area contributed by atoms with E-state index in [2.05, 4.69) is 379 Å². The van der Waals surface area contributed by atoms with Crippen molar-refractivity contribution in [2.24, 2.45) is 0 Å². The van der Waals surface area contributed by atoms with E-state index in [0.29, 0.717) is 0 Å². The predicted octanol–water partition coefficient (Wildman–Crippen LogP) is 16.9. The van der Waals surface area contributed by atoms with Crippen molar-refractivity contribution < 1.29 is 0 Å². The van der Waals surface area contributed by atoms with Gasteiger partial charge in [-0.15, -0.1) is 0 Å². The number of nitrogens with zero attached hydrogens (tertiary/aromatic N) is 3. The maximum absolute atomic E-state index is 2.43. The molecular weight excluding hydrogens is 1160 g/mol. The molecule has 0 atom stereocenters. The Hall–Kier alpha value is -12.1. The molecule has 0 unspecified atom stereocenters. The van der Waals surface area contributed by atoms with Gasteiger partial charge in [0, 0.05) is 51.2 Å². The summed E-state index contributed by atoms with van der Waals surface area (Å²) < 4.78 is 0. The Morgan fingerprint density at radius 1 is 0.167 bits per heavy atom. The van der Waals surface area contributed by atoms with Crippen LogP contribution in [0.15, 0.2) is 364 Å². The van der Waals surface area contributed by atoms with Crippen LogP contribution in [0.2, 0.25) is 0 Å². The monoisotopic (exact) mass is 1220 g/mol. The van der Waals surface area contributed by atoms with Crippen molar-refractivity contribution >= 4 is 120 Å². The molecule has 96 heavy (non-hydrogen) atoms. The van der Waals surface area contributed by atoms with Gasteiger partial charge in [-0.25, -0.2) is 0 Å². The van der Waals surface area contributed by atoms with Gasteiger partial charge in [-0.3, -0.25) is 0 Å². The third-order valence-electron chi connectivity index (χ3n) is 20.6. The topological polar surface area (TPSA) is 9.72 Å². The number of hydrogen-bond acceptors (Lipinski definition) is 3. The fraction of sp³-hybridized carbons (Fsp3) is 0. The summed E-state index contributed by atoms with van der Waals surface area (Å²) in [4.78, 5) is 7.28. The highest BCUT2D eigenvalue weighted by molar-refractivity contribution is 7.03. The second kappa shape index (κ2) is 22.9. The lowest BCUT2D eigenvalue weighted by atomic mass is 9.37. The molecule has 0 radical (unpaired) electrons. The lowest BCUT2D eigenvalue weighted by molar-refractivity contribution is 1.30. The van der Waals surface area contributed by atoms with Gasteiger partial charge in [0.05, 0.1) is 0 Å². The lowest BCUT2D eigenvalue weighted by Gasteiger charge is -2.35. The van der Waals surface area contributed by atoms with Gasteiger partial charge < -0.3 is 14.7 Å². The molecular formula is C90H60B3N3. The molecule has 21 rings (SSSR count). The fourth-order valence-electron chi connectivity index (χ4n) is 16.7. The van der Waals surface area contributed by atoms with Gasteiger partial charge in [0.2, 0.25) is 20.1 Å². The maximum atomic E-state index is 2.43. The molecule has 6 heterocycles. The van der Waals surface area contributed by atoms with Crippen molar-refractivity contribution in [1.82, 2.24) is 0 Å². The SMILES string of the molecule is c1ccc(-c2ccc3c(c2)-c2cccc4c2B3c2ccccc2N4c2ccccc2)cc1.c1ccc(-c2ccc3c(c2)B2c4ccccc4N(c4ccccc4)c4cccc-3c42)cc1.c1ccc(-c2cccc3c2-c2cccc4c2B3c2ccccc2N4c2ccccc2)cc1. The minimum absolute atomic E-state index is 0.260. The van der Waals surface area contributed by atoms with Crippen LogP contribution in [-0.2, 0) is 0 Å². The van der Waals surface area contributed by atoms with Crippen molar-refractivity contribution in [1.29, 1.82) is 0 Å². The Labute approximate surface area is 562 Å². The summed E-state index contributed by atoms with van der Waals surface area (Å²) in [6.07, 6.45) is 0. The Kier molecular flexibility index (Phi) is 13.2. The van der Waals surface area contributed by atoms with Gasteiger partial charge >= 0.3 is 0 Å². The Morgan fingerprint density at radius 2 is 0.500 bits per heavy atom. The standard InChI is InChI=1S/3C30H20BN/c1-3-11-21(12-4-1)23-15-9-18-26-29(23)24-16-10-20-28-30(24)31(26)25-17-7-8-19-27(25)32(28)22-13-5-2-6-14-22;1-3-10-21(11-4-1)22-18-19-24-25-14-9-17-29-30(25)31(27(24)20-22)26-15-7-8-16-28(26)32(29)23-12-5-2-6-13-23;1-3-10-21(11-4-1)22-18-19-26-25(20-22)24-14-9-17-29-30(24)31(26)27-15-7-8-16-28(27)32(29)23-12-5-2-6-13-23/h3*1-20H. The largest absolute Gasteiger partial charge is 0.312 e. The first-order valence-corrected chi connectivity index (χ1v) is 33.5. The zero-order chi connectivity index (χ0) is 63.2. The van der Waals surface area contributed by atoms with Crippen LogP contribution in [0.1, 0.15) is 0 Å². The van der Waals surface area contributed by atoms with Crippen LogP contribution in [0, 0.1) is 0 Å². The number of rotatable bonds is 6. The second-order valence-corrected chi connectivity index (χ2v) is 25.7. The molecule has 0 fully saturated rings. The van der Waals surface area contributed by atoms with Crippen LogP contribution in [0.25, 0.3) is 66.8 Å². The zero-order valence-corrected chi connectivity index (χ0v) is 52.7. The van der Waals surface area contributed by atoms with E-state index in [9.17, 15) is 0 Å². The van der Waals surface area contributed by atoms with Crippen molar-refractivity contribution in [2.45, 2.75) is 0 Å². The highest BCUT2D eigenvalue weighted by Gasteiger charge is 2.46. The molecule has 444 valence electrons. The van der Waals surface area contributed by atoms with E-state index in [1.807, 2.05) is 0 Å². The molecule has 6 aliphatic rings. The molecule has 0 saturated heterocycles. The predicted molar refractivity (Wildman–Crippen MR) is 410 cm³/mol. The molecule has 6 aliphatic heterocycles. The van der Waals surface area contributed by atoms with E-state index in [-0.39, 0.29) is 20.1 Å². The van der Waals surface area contributed by atoms with Crippen molar-refractivity contribution in [3.63, 3.8) is 0 Å². The number of anilines is 9. The summed E-state index contributed by atoms with van der Waals surface area (Å²) in [6.45, 7) is 0.796. The average Bonchev–Trinajstić information content (AvgIpc) is 1.55. The molecule has 0 bridgehead atoms. The quantitative estimate of drug-likeness (QED) is 0.154. The van der Waals surface area contributed by atoms with Crippen molar-refractivity contribution in [2.75, 3.05) is 14.7 Å². The van der Waals surface area contributed by atoms with Crippen molar-refractivity contribution in [3.8, 4) is 66.8 Å². The van der Waals surface area contributed by atoms with Gasteiger partial charge in [0.1, 0.15) is 0 Å². The molecule has 3 nitrogen and oxygen atoms in total. The van der Waals surface area contributed by atoms with E-state index in [1.54, 1.807) is 0 Å². The zero-order valence-electron chi connectivity index (χ0n) is 52.7. The Balaban J connectivity index is 0.000000102. The fourth-order valence-corrected chi connectivity index (χ4v) is 16.7. The number of fused-ring (bicyclic) bond motifs is 15. The number of benzene rings is 15. The van der Waals surface area contributed by atoms with E-state index in [4.69, 9.17) is 0 Å². The molecule has 15 aromatic rings. The first-order valence-electron chi connectivity index (χ1n) is 33.5. The highest BCUT2D eigenvalue weighted by atomic mass is 15.2. The Bertz CT molecular complexity index is 5470. The van der Waals surface area contributed by atoms with Gasteiger partial charge in [-0.05, 0) is 178 Å². The lowest BCUT2D eigenvalue weighted by Crippen LogP contribution is -2.54. The number of hydrogen-bond donors (Lipinski definition) is 0.